The third-order valence-corrected chi connectivity index (χ3v) is 5.84. The van der Waals surface area contributed by atoms with Gasteiger partial charge in [-0.25, -0.2) is 4.98 Å². The highest BCUT2D eigenvalue weighted by Gasteiger charge is 2.45. The first-order valence-corrected chi connectivity index (χ1v) is 10.8. The Hall–Kier alpha value is -4.40. The number of aromatic nitrogens is 3. The van der Waals surface area contributed by atoms with Gasteiger partial charge in [-0.1, -0.05) is 18.2 Å². The number of para-hydroxylation sites is 1. The molecule has 9 nitrogen and oxygen atoms in total. The molecule has 0 saturated heterocycles. The van der Waals surface area contributed by atoms with Crippen LogP contribution in [0.15, 0.2) is 83.1 Å². The van der Waals surface area contributed by atoms with Crippen molar-refractivity contribution in [1.29, 1.82) is 0 Å². The molecule has 34 heavy (non-hydrogen) atoms. The zero-order valence-corrected chi connectivity index (χ0v) is 18.4. The number of hydrogen-bond donors (Lipinski definition) is 1. The third-order valence-electron chi connectivity index (χ3n) is 5.84. The summed E-state index contributed by atoms with van der Waals surface area (Å²) in [4.78, 5) is 36.5. The number of aliphatic hydroxyl groups is 1. The van der Waals surface area contributed by atoms with E-state index in [4.69, 9.17) is 9.15 Å². The maximum absolute atomic E-state index is 13.6. The number of ether oxygens (including phenoxy) is 1. The van der Waals surface area contributed by atoms with Crippen molar-refractivity contribution in [1.82, 2.24) is 19.4 Å². The summed E-state index contributed by atoms with van der Waals surface area (Å²) in [6.45, 7) is 0.944. The van der Waals surface area contributed by atoms with Gasteiger partial charge in [-0.3, -0.25) is 14.6 Å². The number of carbonyl (C=O) groups is 2. The number of imidazole rings is 1. The Morgan fingerprint density at radius 2 is 2.06 bits per heavy atom. The van der Waals surface area contributed by atoms with E-state index < -0.39 is 23.5 Å². The van der Waals surface area contributed by atoms with Gasteiger partial charge in [-0.2, -0.15) is 0 Å². The van der Waals surface area contributed by atoms with Gasteiger partial charge >= 0.3 is 0 Å². The predicted molar refractivity (Wildman–Crippen MR) is 122 cm³/mol. The van der Waals surface area contributed by atoms with Crippen molar-refractivity contribution in [2.45, 2.75) is 19.0 Å². The minimum atomic E-state index is -0.834. The minimum absolute atomic E-state index is 0.00930. The monoisotopic (exact) mass is 458 g/mol. The number of hydrogen-bond acceptors (Lipinski definition) is 7. The van der Waals surface area contributed by atoms with Crippen LogP contribution < -0.4 is 4.74 Å². The number of amides is 1. The molecule has 5 rings (SSSR count). The molecule has 0 fully saturated rings. The molecule has 1 atom stereocenters. The lowest BCUT2D eigenvalue weighted by Crippen LogP contribution is -2.33. The number of benzene rings is 1. The number of pyridine rings is 1. The molecule has 0 aliphatic carbocycles. The van der Waals surface area contributed by atoms with E-state index in [1.165, 1.54) is 12.0 Å². The van der Waals surface area contributed by atoms with Crippen molar-refractivity contribution in [3.8, 4) is 5.75 Å². The molecule has 9 heteroatoms. The number of nitrogens with zero attached hydrogens (tertiary/aromatic N) is 4. The first-order valence-electron chi connectivity index (χ1n) is 10.8. The Balaban J connectivity index is 1.50. The highest BCUT2D eigenvalue weighted by molar-refractivity contribution is 6.16. The van der Waals surface area contributed by atoms with Crippen LogP contribution in [-0.2, 0) is 11.3 Å². The van der Waals surface area contributed by atoms with E-state index in [1.807, 2.05) is 10.8 Å². The molecular weight excluding hydrogens is 436 g/mol. The minimum Gasteiger partial charge on any atom is -0.503 e. The summed E-state index contributed by atoms with van der Waals surface area (Å²) in [7, 11) is 1.52. The maximum Gasteiger partial charge on any atom is 0.290 e. The number of fused-ring (bicyclic) bond motifs is 1. The summed E-state index contributed by atoms with van der Waals surface area (Å²) in [5.74, 6) is -1.28. The van der Waals surface area contributed by atoms with E-state index in [0.29, 0.717) is 41.9 Å². The van der Waals surface area contributed by atoms with Gasteiger partial charge in [0.05, 0.1) is 24.7 Å². The van der Waals surface area contributed by atoms with Crippen LogP contribution in [-0.4, -0.2) is 49.9 Å². The quantitative estimate of drug-likeness (QED) is 0.401. The summed E-state index contributed by atoms with van der Waals surface area (Å²) in [6.07, 6.45) is 7.41. The van der Waals surface area contributed by atoms with Crippen molar-refractivity contribution < 1.29 is 23.8 Å². The molecule has 0 saturated carbocycles. The van der Waals surface area contributed by atoms with Crippen LogP contribution in [0.25, 0.3) is 11.0 Å². The van der Waals surface area contributed by atoms with Crippen LogP contribution in [0.1, 0.15) is 28.7 Å². The molecule has 0 bridgehead atoms. The molecule has 3 aromatic heterocycles. The second kappa shape index (κ2) is 8.86. The Morgan fingerprint density at radius 3 is 2.79 bits per heavy atom. The number of rotatable bonds is 8. The molecule has 172 valence electrons. The Bertz CT molecular complexity index is 1380. The Kier molecular flexibility index (Phi) is 5.59. The molecule has 0 radical (unpaired) electrons. The van der Waals surface area contributed by atoms with Crippen molar-refractivity contribution >= 4 is 22.7 Å². The summed E-state index contributed by atoms with van der Waals surface area (Å²) < 4.78 is 13.0. The van der Waals surface area contributed by atoms with Crippen LogP contribution in [0.5, 0.6) is 5.75 Å². The van der Waals surface area contributed by atoms with E-state index in [2.05, 4.69) is 9.97 Å². The normalized spacial score (nSPS) is 16.0. The second-order valence-electron chi connectivity index (χ2n) is 7.89. The zero-order valence-electron chi connectivity index (χ0n) is 18.4. The number of furan rings is 1. The number of methoxy groups -OCH3 is 1. The van der Waals surface area contributed by atoms with E-state index in [1.54, 1.807) is 61.2 Å². The van der Waals surface area contributed by atoms with Crippen LogP contribution >= 0.6 is 0 Å². The van der Waals surface area contributed by atoms with Crippen molar-refractivity contribution in [2.24, 2.45) is 0 Å². The van der Waals surface area contributed by atoms with Crippen LogP contribution in [0.2, 0.25) is 0 Å². The molecule has 1 aromatic carbocycles. The molecule has 4 heterocycles. The topological polar surface area (TPSA) is 111 Å². The number of carbonyl (C=O) groups excluding carboxylic acids is 2. The maximum atomic E-state index is 13.6. The summed E-state index contributed by atoms with van der Waals surface area (Å²) in [5, 5.41) is 11.5. The van der Waals surface area contributed by atoms with Crippen LogP contribution in [0.4, 0.5) is 0 Å². The summed E-state index contributed by atoms with van der Waals surface area (Å²) in [6, 6.07) is 11.3. The Labute approximate surface area is 194 Å². The average Bonchev–Trinajstić information content (AvgIpc) is 3.59. The predicted octanol–water partition coefficient (Wildman–Crippen LogP) is 3.70. The fraction of sp³-hybridized carbons (Fsp3) is 0.200. The number of aryl methyl sites for hydroxylation is 1. The standard InChI is InChI=1S/C25H22N4O5/c1-33-18-8-4-6-16-14-19(34-24(16)18)22(30)20-21(17-7-2-3-9-27-17)29(25(32)23(20)31)12-5-11-28-13-10-26-15-28/h2-4,6-10,13-15,21,31H,5,11-12H2,1H3/t21-/m1/s1. The molecule has 0 spiro atoms. The van der Waals surface area contributed by atoms with Gasteiger partial charge in [0.15, 0.2) is 22.9 Å². The molecule has 1 aliphatic rings. The van der Waals surface area contributed by atoms with Gasteiger partial charge in [0.25, 0.3) is 5.91 Å². The van der Waals surface area contributed by atoms with Gasteiger partial charge in [0.1, 0.15) is 6.04 Å². The van der Waals surface area contributed by atoms with E-state index in [9.17, 15) is 14.7 Å². The molecule has 1 N–H and O–H groups in total. The van der Waals surface area contributed by atoms with Gasteiger partial charge in [0.2, 0.25) is 5.78 Å². The lowest BCUT2D eigenvalue weighted by Gasteiger charge is -2.25. The molecule has 1 amide bonds. The van der Waals surface area contributed by atoms with Crippen LogP contribution in [0.3, 0.4) is 0 Å². The van der Waals surface area contributed by atoms with Crippen molar-refractivity contribution in [3.63, 3.8) is 0 Å². The highest BCUT2D eigenvalue weighted by atomic mass is 16.5. The highest BCUT2D eigenvalue weighted by Crippen LogP contribution is 2.39. The third kappa shape index (κ3) is 3.71. The summed E-state index contributed by atoms with van der Waals surface area (Å²) in [5.41, 5.74) is 0.855. The van der Waals surface area contributed by atoms with Crippen molar-refractivity contribution in [3.05, 3.63) is 90.2 Å². The van der Waals surface area contributed by atoms with Gasteiger partial charge < -0.3 is 23.7 Å². The van der Waals surface area contributed by atoms with Crippen molar-refractivity contribution in [2.75, 3.05) is 13.7 Å². The zero-order chi connectivity index (χ0) is 23.7. The molecule has 4 aromatic rings. The SMILES string of the molecule is COc1cccc2cc(C(=O)C3=C(O)C(=O)N(CCCn4ccnc4)[C@@H]3c3ccccn3)oc12. The van der Waals surface area contributed by atoms with Gasteiger partial charge in [-0.15, -0.1) is 0 Å². The Morgan fingerprint density at radius 1 is 1.18 bits per heavy atom. The lowest BCUT2D eigenvalue weighted by molar-refractivity contribution is -0.129. The van der Waals surface area contributed by atoms with Gasteiger partial charge in [0, 0.05) is 37.1 Å². The largest absolute Gasteiger partial charge is 0.503 e. The first-order chi connectivity index (χ1) is 16.6. The fourth-order valence-electron chi connectivity index (χ4n) is 4.25. The summed E-state index contributed by atoms with van der Waals surface area (Å²) >= 11 is 0. The lowest BCUT2D eigenvalue weighted by atomic mass is 9.98. The molecular formula is C25H22N4O5. The smallest absolute Gasteiger partial charge is 0.290 e. The van der Waals surface area contributed by atoms with Crippen LogP contribution in [0, 0.1) is 0 Å². The van der Waals surface area contributed by atoms with Gasteiger partial charge in [-0.05, 0) is 30.7 Å². The average molecular weight is 458 g/mol. The van der Waals surface area contributed by atoms with E-state index in [0.717, 1.165) is 0 Å². The first kappa shape index (κ1) is 21.4. The number of aliphatic hydroxyl groups excluding tert-OH is 1. The number of ketones is 1. The fourth-order valence-corrected chi connectivity index (χ4v) is 4.25. The second-order valence-corrected chi connectivity index (χ2v) is 7.89. The molecule has 1 aliphatic heterocycles. The van der Waals surface area contributed by atoms with E-state index >= 15 is 0 Å². The number of Topliss-reactive ketones (excluding diaryl/α,β-unsaturated/α-hetero) is 1. The van der Waals surface area contributed by atoms with E-state index in [-0.39, 0.29) is 11.3 Å². The molecule has 0 unspecified atom stereocenters.